The summed E-state index contributed by atoms with van der Waals surface area (Å²) in [5, 5.41) is 52.3. The zero-order valence-corrected chi connectivity index (χ0v) is 58.4. The molecule has 4 aromatic rings. The normalized spacial score (nSPS) is 18.9. The number of hydrogen-bond acceptors (Lipinski definition) is 16. The van der Waals surface area contributed by atoms with Crippen LogP contribution in [-0.2, 0) is 81.6 Å². The molecule has 0 saturated carbocycles. The second-order valence-corrected chi connectivity index (χ2v) is 26.3. The van der Waals surface area contributed by atoms with Gasteiger partial charge in [0.15, 0.2) is 5.96 Å². The Morgan fingerprint density at radius 2 is 1.25 bits per heavy atom. The highest BCUT2D eigenvalue weighted by molar-refractivity contribution is 6.30. The van der Waals surface area contributed by atoms with Gasteiger partial charge in [0.05, 0.1) is 6.61 Å². The molecule has 0 radical (unpaired) electrons. The summed E-state index contributed by atoms with van der Waals surface area (Å²) in [4.78, 5) is 185. The van der Waals surface area contributed by atoms with Crippen molar-refractivity contribution < 1.29 is 72.5 Å². The lowest BCUT2D eigenvalue weighted by atomic mass is 9.98. The number of benzene rings is 4. The minimum absolute atomic E-state index is 0.00974. The number of fused-ring (bicyclic) bond motifs is 1. The van der Waals surface area contributed by atoms with Gasteiger partial charge >= 0.3 is 0 Å². The van der Waals surface area contributed by atoms with E-state index in [0.717, 1.165) is 10.8 Å². The van der Waals surface area contributed by atoms with Crippen molar-refractivity contribution in [1.29, 1.82) is 0 Å². The molecule has 0 bridgehead atoms. The van der Waals surface area contributed by atoms with Crippen LogP contribution in [0.4, 0.5) is 0 Å². The average molecular weight is 1440 g/mol. The van der Waals surface area contributed by atoms with E-state index in [0.29, 0.717) is 28.1 Å². The number of likely N-dealkylation sites (tertiary alicyclic amines) is 1. The van der Waals surface area contributed by atoms with Gasteiger partial charge in [0, 0.05) is 70.2 Å². The van der Waals surface area contributed by atoms with E-state index in [4.69, 9.17) is 28.8 Å². The van der Waals surface area contributed by atoms with Crippen molar-refractivity contribution in [3.63, 3.8) is 0 Å². The van der Waals surface area contributed by atoms with Gasteiger partial charge in [0.1, 0.15) is 66.2 Å². The van der Waals surface area contributed by atoms with Crippen molar-refractivity contribution in [2.75, 3.05) is 32.8 Å². The Hall–Kier alpha value is -10.4. The first-order valence-electron chi connectivity index (χ1n) is 34.1. The SMILES string of the molecule is CC(=O)N[C@H]1CCC(=O)NCCC(=O)N[C@@H](C(=O)N[C@@H](CO)C(=O)N[C@@H](Cc2ccc(O)cc2)C(=O)N[C@H](Cc2ccc3ccccc3c2)C(=O)N[C@H](CC(C)C)C(=O)N[C@@H](CCCN=C(N)N)C(=O)N2CCC[C@H]2C(=O)N[C@H](C)C(N)=O)CCCCNC(=O)[C@@H](Cc2ccc(Cl)cc2)NC1=O. The molecule has 2 heterocycles. The maximum Gasteiger partial charge on any atom is 0.245 e. The lowest BCUT2D eigenvalue weighted by molar-refractivity contribution is -0.142. The number of halogens is 1. The fourth-order valence-electron chi connectivity index (χ4n) is 11.7. The van der Waals surface area contributed by atoms with Crippen LogP contribution in [-0.4, -0.2) is 191 Å². The third-order valence-electron chi connectivity index (χ3n) is 17.1. The molecule has 552 valence electrons. The molecule has 6 rings (SSSR count). The van der Waals surface area contributed by atoms with Crippen LogP contribution in [0.2, 0.25) is 5.02 Å². The summed E-state index contributed by atoms with van der Waals surface area (Å²) < 4.78 is 0. The van der Waals surface area contributed by atoms with E-state index < -0.39 is 144 Å². The molecule has 102 heavy (non-hydrogen) atoms. The number of nitrogens with two attached hydrogens (primary N) is 3. The second kappa shape index (κ2) is 40.1. The number of phenolic OH excluding ortho intramolecular Hbond substituents is 1. The van der Waals surface area contributed by atoms with Gasteiger partial charge < -0.3 is 90.8 Å². The lowest BCUT2D eigenvalue weighted by Crippen LogP contribution is -2.61. The smallest absolute Gasteiger partial charge is 0.245 e. The zero-order valence-electron chi connectivity index (χ0n) is 57.7. The predicted molar refractivity (Wildman–Crippen MR) is 377 cm³/mol. The Morgan fingerprint density at radius 3 is 1.89 bits per heavy atom. The predicted octanol–water partition coefficient (Wildman–Crippen LogP) is -1.22. The highest BCUT2D eigenvalue weighted by Crippen LogP contribution is 2.23. The van der Waals surface area contributed by atoms with Gasteiger partial charge in [-0.25, -0.2) is 0 Å². The molecule has 32 heteroatoms. The van der Waals surface area contributed by atoms with Crippen LogP contribution >= 0.6 is 11.6 Å². The topological polar surface area (TPSA) is 488 Å². The van der Waals surface area contributed by atoms with Crippen molar-refractivity contribution in [2.45, 2.75) is 178 Å². The number of aliphatic imine (C=N–C) groups is 1. The molecule has 0 spiro atoms. The molecule has 2 aliphatic heterocycles. The summed E-state index contributed by atoms with van der Waals surface area (Å²) in [6.45, 7) is 5.14. The number of phenols is 1. The van der Waals surface area contributed by atoms with Crippen molar-refractivity contribution in [3.8, 4) is 5.75 Å². The number of aliphatic hydroxyl groups is 1. The Bertz CT molecular complexity index is 3650. The van der Waals surface area contributed by atoms with Gasteiger partial charge in [-0.2, -0.15) is 0 Å². The van der Waals surface area contributed by atoms with Crippen LogP contribution in [0.1, 0.15) is 115 Å². The molecule has 0 aromatic heterocycles. The molecule has 4 aromatic carbocycles. The number of primary amides is 1. The molecule has 19 N–H and O–H groups in total. The van der Waals surface area contributed by atoms with Gasteiger partial charge in [-0.15, -0.1) is 0 Å². The summed E-state index contributed by atoms with van der Waals surface area (Å²) >= 11 is 6.11. The third kappa shape index (κ3) is 26.3. The number of nitrogens with zero attached hydrogens (tertiary/aromatic N) is 2. The minimum atomic E-state index is -1.79. The number of hydrogen-bond donors (Lipinski definition) is 16. The molecular weight excluding hydrogens is 1340 g/mol. The fraction of sp³-hybridized carbons (Fsp3) is 0.486. The first-order chi connectivity index (χ1) is 48.6. The summed E-state index contributed by atoms with van der Waals surface area (Å²) in [6.07, 6.45) is -0.154. The van der Waals surface area contributed by atoms with Crippen LogP contribution in [0, 0.1) is 5.92 Å². The highest BCUT2D eigenvalue weighted by atomic mass is 35.5. The molecule has 0 aliphatic carbocycles. The Labute approximate surface area is 595 Å². The zero-order chi connectivity index (χ0) is 74.6. The minimum Gasteiger partial charge on any atom is -0.508 e. The number of amides is 13. The molecule has 2 saturated heterocycles. The van der Waals surface area contributed by atoms with E-state index in [1.165, 1.54) is 43.0 Å². The van der Waals surface area contributed by atoms with Gasteiger partial charge in [-0.3, -0.25) is 67.3 Å². The summed E-state index contributed by atoms with van der Waals surface area (Å²) in [5.41, 5.74) is 18.2. The maximum atomic E-state index is 15.1. The van der Waals surface area contributed by atoms with Crippen molar-refractivity contribution in [3.05, 3.63) is 113 Å². The molecular formula is C70H95ClN16O15. The molecule has 13 amide bonds. The molecule has 2 aliphatic rings. The number of aliphatic hydroxyl groups excluding tert-OH is 1. The number of guanidine groups is 1. The fourth-order valence-corrected chi connectivity index (χ4v) is 11.8. The van der Waals surface area contributed by atoms with E-state index in [1.807, 2.05) is 36.4 Å². The third-order valence-corrected chi connectivity index (χ3v) is 17.4. The van der Waals surface area contributed by atoms with Crippen LogP contribution in [0.5, 0.6) is 5.75 Å². The second-order valence-electron chi connectivity index (χ2n) is 25.8. The number of carbonyl (C=O) groups excluding carboxylic acids is 13. The van der Waals surface area contributed by atoms with E-state index >= 15 is 9.59 Å². The molecule has 31 nitrogen and oxygen atoms in total. The summed E-state index contributed by atoms with van der Waals surface area (Å²) in [6, 6.07) is 11.6. The summed E-state index contributed by atoms with van der Waals surface area (Å²) in [7, 11) is 0. The van der Waals surface area contributed by atoms with E-state index in [2.05, 4.69) is 63.5 Å². The van der Waals surface area contributed by atoms with Crippen molar-refractivity contribution in [2.24, 2.45) is 28.1 Å². The van der Waals surface area contributed by atoms with E-state index in [-0.39, 0.29) is 127 Å². The first-order valence-corrected chi connectivity index (χ1v) is 34.4. The molecule has 0 unspecified atom stereocenters. The van der Waals surface area contributed by atoms with Crippen LogP contribution in [0.3, 0.4) is 0 Å². The average Bonchev–Trinajstić information content (AvgIpc) is 1.53. The number of carbonyl (C=O) groups is 13. The van der Waals surface area contributed by atoms with Crippen LogP contribution in [0.25, 0.3) is 10.8 Å². The van der Waals surface area contributed by atoms with E-state index in [1.54, 1.807) is 44.2 Å². The van der Waals surface area contributed by atoms with Gasteiger partial charge in [-0.05, 0) is 122 Å². The van der Waals surface area contributed by atoms with Gasteiger partial charge in [-0.1, -0.05) is 92.2 Å². The molecule has 10 atom stereocenters. The van der Waals surface area contributed by atoms with Crippen LogP contribution < -0.4 is 75.7 Å². The first kappa shape index (κ1) is 80.5. The van der Waals surface area contributed by atoms with Crippen molar-refractivity contribution in [1.82, 2.24) is 63.4 Å². The number of aromatic hydroxyl groups is 1. The Morgan fingerprint density at radius 1 is 0.627 bits per heavy atom. The Balaban J connectivity index is 1.24. The van der Waals surface area contributed by atoms with E-state index in [9.17, 15) is 63.0 Å². The highest BCUT2D eigenvalue weighted by Gasteiger charge is 2.40. The number of rotatable bonds is 28. The van der Waals surface area contributed by atoms with Crippen molar-refractivity contribution >= 4 is 105 Å². The lowest BCUT2D eigenvalue weighted by Gasteiger charge is -2.31. The largest absolute Gasteiger partial charge is 0.508 e. The van der Waals surface area contributed by atoms with Crippen LogP contribution in [0.15, 0.2) is 96.0 Å². The van der Waals surface area contributed by atoms with Gasteiger partial charge in [0.25, 0.3) is 0 Å². The standard InChI is InChI=1S/C70H95ClN16O15/c1-39(2)33-52(64(97)81-51(14-9-30-77-70(73)74)69(102)87-32-10-15-57(87)68(101)78-40(3)60(72)93)82-66(99)55(37-44-16-21-45-11-5-6-12-46(45)34-44)84-65(98)54(36-43-19-24-48(90)25-20-43)85-67(100)56(38-88)86-62(95)49-13-7-8-29-76-61(94)53(35-42-17-22-47(71)23-18-42)83-63(96)50(79-41(4)89)26-27-58(91)75-31-28-59(92)80-49/h5-6,11-12,16-25,34,39-40,49-57,88,90H,7-10,13-15,26-33,35-38H2,1-4H3,(H2,72,93)(H,75,91)(H,76,94)(H,78,101)(H,79,89)(H,80,92)(H,81,97)(H,82,99)(H,83,96)(H,84,98)(H,85,100)(H,86,95)(H4,73,74,77)/t40-,49-,50+,51+,52-,53-,54+,55-,56+,57+/m1/s1. The quantitative estimate of drug-likeness (QED) is 0.0180. The Kier molecular flexibility index (Phi) is 31.7. The maximum absolute atomic E-state index is 15.1. The summed E-state index contributed by atoms with van der Waals surface area (Å²) in [5.74, 6) is -10.5. The molecule has 2 fully saturated rings. The number of nitrogens with one attached hydrogen (secondary N) is 11. The monoisotopic (exact) mass is 1430 g/mol. The van der Waals surface area contributed by atoms with Gasteiger partial charge in [0.2, 0.25) is 76.8 Å².